The maximum atomic E-state index is 9.37. The number of hydrogen-bond donors (Lipinski definition) is 2. The van der Waals surface area contributed by atoms with Gasteiger partial charge in [0, 0.05) is 19.1 Å². The zero-order valence-electron chi connectivity index (χ0n) is 12.8. The van der Waals surface area contributed by atoms with E-state index in [-0.39, 0.29) is 6.10 Å². The van der Waals surface area contributed by atoms with Gasteiger partial charge in [0.25, 0.3) is 0 Å². The lowest BCUT2D eigenvalue weighted by molar-refractivity contribution is 0.0253. The first-order valence-corrected chi connectivity index (χ1v) is 8.29. The Labute approximate surface area is 118 Å². The third-order valence-electron chi connectivity index (χ3n) is 4.95. The van der Waals surface area contributed by atoms with Crippen molar-refractivity contribution in [1.29, 1.82) is 0 Å². The summed E-state index contributed by atoms with van der Waals surface area (Å²) < 4.78 is 0. The number of hydrogen-bond acceptors (Lipinski definition) is 3. The van der Waals surface area contributed by atoms with Crippen molar-refractivity contribution in [3.05, 3.63) is 0 Å². The molecule has 0 aromatic rings. The average molecular weight is 268 g/mol. The van der Waals surface area contributed by atoms with Gasteiger partial charge in [0.1, 0.15) is 0 Å². The van der Waals surface area contributed by atoms with Gasteiger partial charge in [-0.2, -0.15) is 0 Å². The Kier molecular flexibility index (Phi) is 6.11. The Balaban J connectivity index is 1.76. The molecule has 2 unspecified atom stereocenters. The highest BCUT2D eigenvalue weighted by atomic mass is 16.3. The molecule has 3 nitrogen and oxygen atoms in total. The van der Waals surface area contributed by atoms with E-state index < -0.39 is 0 Å². The molecular weight excluding hydrogens is 236 g/mol. The lowest BCUT2D eigenvalue weighted by atomic mass is 9.82. The van der Waals surface area contributed by atoms with Crippen molar-refractivity contribution in [1.82, 2.24) is 10.2 Å². The van der Waals surface area contributed by atoms with Crippen LogP contribution in [0.1, 0.15) is 51.9 Å². The Morgan fingerprint density at radius 2 is 1.84 bits per heavy atom. The number of nitrogens with zero attached hydrogens (tertiary/aromatic N) is 1. The van der Waals surface area contributed by atoms with Crippen LogP contribution in [0.2, 0.25) is 0 Å². The van der Waals surface area contributed by atoms with E-state index in [9.17, 15) is 5.11 Å². The molecule has 2 saturated carbocycles. The van der Waals surface area contributed by atoms with Crippen LogP contribution in [0, 0.1) is 11.8 Å². The number of nitrogens with one attached hydrogen (secondary N) is 1. The van der Waals surface area contributed by atoms with Crippen LogP contribution in [0.15, 0.2) is 0 Å². The molecule has 0 bridgehead atoms. The predicted octanol–water partition coefficient (Wildman–Crippen LogP) is 2.25. The van der Waals surface area contributed by atoms with E-state index in [1.54, 1.807) is 0 Å². The summed E-state index contributed by atoms with van der Waals surface area (Å²) in [6, 6.07) is 0.724. The van der Waals surface area contributed by atoms with Gasteiger partial charge in [0.15, 0.2) is 0 Å². The molecule has 0 amide bonds. The van der Waals surface area contributed by atoms with Crippen LogP contribution < -0.4 is 5.32 Å². The van der Waals surface area contributed by atoms with Gasteiger partial charge in [0.05, 0.1) is 6.10 Å². The standard InChI is InChI=1S/C16H32N2O/c1-3-17-16-8-6-4-5-7-14(16)12-18(2)11-13-9-15(19)10-13/h13-17,19H,3-12H2,1-2H3. The Hall–Kier alpha value is -0.120. The molecule has 0 heterocycles. The van der Waals surface area contributed by atoms with Crippen LogP contribution in [0.5, 0.6) is 0 Å². The van der Waals surface area contributed by atoms with Gasteiger partial charge < -0.3 is 15.3 Å². The fraction of sp³-hybridized carbons (Fsp3) is 1.00. The second-order valence-electron chi connectivity index (χ2n) is 6.77. The molecule has 19 heavy (non-hydrogen) atoms. The van der Waals surface area contributed by atoms with Crippen molar-refractivity contribution in [2.45, 2.75) is 64.0 Å². The number of aliphatic hydroxyl groups excluding tert-OH is 1. The highest BCUT2D eigenvalue weighted by Crippen LogP contribution is 2.29. The second kappa shape index (κ2) is 7.61. The molecule has 2 aliphatic rings. The van der Waals surface area contributed by atoms with Gasteiger partial charge >= 0.3 is 0 Å². The van der Waals surface area contributed by atoms with Gasteiger partial charge in [-0.25, -0.2) is 0 Å². The molecule has 0 spiro atoms. The molecule has 2 rings (SSSR count). The van der Waals surface area contributed by atoms with Crippen LogP contribution in [0.3, 0.4) is 0 Å². The summed E-state index contributed by atoms with van der Waals surface area (Å²) in [4.78, 5) is 2.51. The molecule has 0 aromatic carbocycles. The maximum Gasteiger partial charge on any atom is 0.0546 e. The van der Waals surface area contributed by atoms with E-state index in [0.29, 0.717) is 0 Å². The highest BCUT2D eigenvalue weighted by Gasteiger charge is 2.29. The largest absolute Gasteiger partial charge is 0.393 e. The minimum Gasteiger partial charge on any atom is -0.393 e. The third kappa shape index (κ3) is 4.73. The molecule has 0 saturated heterocycles. The van der Waals surface area contributed by atoms with Crippen molar-refractivity contribution in [3.8, 4) is 0 Å². The Bertz CT molecular complexity index is 253. The molecule has 2 fully saturated rings. The van der Waals surface area contributed by atoms with Gasteiger partial charge in [-0.1, -0.05) is 26.2 Å². The van der Waals surface area contributed by atoms with E-state index in [2.05, 4.69) is 24.2 Å². The van der Waals surface area contributed by atoms with Gasteiger partial charge in [-0.3, -0.25) is 0 Å². The van der Waals surface area contributed by atoms with Crippen molar-refractivity contribution < 1.29 is 5.11 Å². The zero-order chi connectivity index (χ0) is 13.7. The summed E-state index contributed by atoms with van der Waals surface area (Å²) in [5.41, 5.74) is 0. The fourth-order valence-corrected chi connectivity index (χ4v) is 3.90. The summed E-state index contributed by atoms with van der Waals surface area (Å²) in [5, 5.41) is 13.1. The summed E-state index contributed by atoms with van der Waals surface area (Å²) in [6.45, 7) is 5.72. The van der Waals surface area contributed by atoms with E-state index in [0.717, 1.165) is 37.3 Å². The minimum atomic E-state index is -0.00853. The molecule has 2 atom stereocenters. The second-order valence-corrected chi connectivity index (χ2v) is 6.77. The van der Waals surface area contributed by atoms with E-state index >= 15 is 0 Å². The highest BCUT2D eigenvalue weighted by molar-refractivity contribution is 4.84. The summed E-state index contributed by atoms with van der Waals surface area (Å²) in [5.74, 6) is 1.56. The minimum absolute atomic E-state index is 0.00853. The molecule has 0 aromatic heterocycles. The third-order valence-corrected chi connectivity index (χ3v) is 4.95. The SMILES string of the molecule is CCNC1CCCCCC1CN(C)CC1CC(O)C1. The average Bonchev–Trinajstić information content (AvgIpc) is 2.54. The van der Waals surface area contributed by atoms with E-state index in [1.165, 1.54) is 45.2 Å². The first-order valence-electron chi connectivity index (χ1n) is 8.29. The molecule has 0 radical (unpaired) electrons. The van der Waals surface area contributed by atoms with Gasteiger partial charge in [0.2, 0.25) is 0 Å². The smallest absolute Gasteiger partial charge is 0.0546 e. The molecule has 2 N–H and O–H groups in total. The molecule has 112 valence electrons. The molecule has 3 heteroatoms. The van der Waals surface area contributed by atoms with Crippen LogP contribution in [-0.2, 0) is 0 Å². The van der Waals surface area contributed by atoms with Crippen molar-refractivity contribution in [2.24, 2.45) is 11.8 Å². The molecule has 2 aliphatic carbocycles. The first-order chi connectivity index (χ1) is 9.19. The Morgan fingerprint density at radius 1 is 1.11 bits per heavy atom. The normalized spacial score (nSPS) is 36.0. The van der Waals surface area contributed by atoms with Crippen LogP contribution in [-0.4, -0.2) is 48.8 Å². The monoisotopic (exact) mass is 268 g/mol. The summed E-state index contributed by atoms with van der Waals surface area (Å²) >= 11 is 0. The number of rotatable bonds is 6. The Morgan fingerprint density at radius 3 is 2.53 bits per heavy atom. The fourth-order valence-electron chi connectivity index (χ4n) is 3.90. The zero-order valence-corrected chi connectivity index (χ0v) is 12.8. The topological polar surface area (TPSA) is 35.5 Å². The van der Waals surface area contributed by atoms with E-state index in [4.69, 9.17) is 0 Å². The summed E-state index contributed by atoms with van der Waals surface area (Å²) in [6.07, 6.45) is 8.98. The number of aliphatic hydroxyl groups is 1. The van der Waals surface area contributed by atoms with Crippen molar-refractivity contribution >= 4 is 0 Å². The summed E-state index contributed by atoms with van der Waals surface area (Å²) in [7, 11) is 2.26. The van der Waals surface area contributed by atoms with E-state index in [1.807, 2.05) is 0 Å². The van der Waals surface area contributed by atoms with Crippen LogP contribution >= 0.6 is 0 Å². The quantitative estimate of drug-likeness (QED) is 0.725. The van der Waals surface area contributed by atoms with Crippen LogP contribution in [0.25, 0.3) is 0 Å². The van der Waals surface area contributed by atoms with Gasteiger partial charge in [-0.05, 0) is 51.1 Å². The van der Waals surface area contributed by atoms with Crippen LogP contribution in [0.4, 0.5) is 0 Å². The van der Waals surface area contributed by atoms with Crippen molar-refractivity contribution in [3.63, 3.8) is 0 Å². The van der Waals surface area contributed by atoms with Crippen molar-refractivity contribution in [2.75, 3.05) is 26.7 Å². The first kappa shape index (κ1) is 15.3. The van der Waals surface area contributed by atoms with Gasteiger partial charge in [-0.15, -0.1) is 0 Å². The predicted molar refractivity (Wildman–Crippen MR) is 80.3 cm³/mol. The molecular formula is C16H32N2O. The maximum absolute atomic E-state index is 9.37. The lowest BCUT2D eigenvalue weighted by Gasteiger charge is -2.36. The molecule has 0 aliphatic heterocycles. The lowest BCUT2D eigenvalue weighted by Crippen LogP contribution is -2.43.